The number of methoxy groups -OCH3 is 1. The van der Waals surface area contributed by atoms with Gasteiger partial charge < -0.3 is 14.5 Å². The number of ether oxygens (including phenoxy) is 1. The summed E-state index contributed by atoms with van der Waals surface area (Å²) in [7, 11) is -0.730. The molecule has 0 fully saturated rings. The lowest BCUT2D eigenvalue weighted by molar-refractivity contribution is 0.0599. The Kier molecular flexibility index (Phi) is 5.52. The summed E-state index contributed by atoms with van der Waals surface area (Å²) in [4.78, 5) is 11.4. The fourth-order valence-corrected chi connectivity index (χ4v) is 2.51. The van der Waals surface area contributed by atoms with E-state index < -0.39 is 16.0 Å². The summed E-state index contributed by atoms with van der Waals surface area (Å²) >= 11 is 0. The van der Waals surface area contributed by atoms with Crippen LogP contribution in [0.15, 0.2) is 15.6 Å². The largest absolute Gasteiger partial charge is 0.465 e. The summed E-state index contributed by atoms with van der Waals surface area (Å²) in [6.45, 7) is 2.50. The molecule has 0 bridgehead atoms. The normalized spacial score (nSPS) is 11.5. The predicted molar refractivity (Wildman–Crippen MR) is 68.5 cm³/mol. The highest BCUT2D eigenvalue weighted by Crippen LogP contribution is 2.19. The van der Waals surface area contributed by atoms with Gasteiger partial charge in [0, 0.05) is 12.6 Å². The number of esters is 1. The molecule has 0 saturated heterocycles. The average Bonchev–Trinajstić information content (AvgIpc) is 2.77. The first kappa shape index (κ1) is 15.7. The average molecular weight is 290 g/mol. The van der Waals surface area contributed by atoms with Gasteiger partial charge in [0.15, 0.2) is 0 Å². The second-order valence-corrected chi connectivity index (χ2v) is 5.58. The smallest absolute Gasteiger partial charge is 0.341 e. The zero-order chi connectivity index (χ0) is 14.5. The van der Waals surface area contributed by atoms with Crippen molar-refractivity contribution < 1.29 is 22.4 Å². The van der Waals surface area contributed by atoms with E-state index >= 15 is 0 Å². The molecule has 0 unspecified atom stereocenters. The van der Waals surface area contributed by atoms with Gasteiger partial charge in [-0.3, -0.25) is 0 Å². The van der Waals surface area contributed by atoms with Crippen LogP contribution in [0, 0.1) is 6.92 Å². The van der Waals surface area contributed by atoms with E-state index in [4.69, 9.17) is 4.42 Å². The van der Waals surface area contributed by atoms with Gasteiger partial charge in [-0.1, -0.05) is 0 Å². The Labute approximate surface area is 112 Å². The summed E-state index contributed by atoms with van der Waals surface area (Å²) in [5.74, 6) is -0.416. The maximum absolute atomic E-state index is 11.9. The highest BCUT2D eigenvalue weighted by Gasteiger charge is 2.23. The fraction of sp³-hybridized carbons (Fsp3) is 0.545. The first-order chi connectivity index (χ1) is 8.92. The molecule has 7 nitrogen and oxygen atoms in total. The van der Waals surface area contributed by atoms with E-state index in [2.05, 4.69) is 14.8 Å². The van der Waals surface area contributed by atoms with E-state index in [0.29, 0.717) is 13.0 Å². The number of carbonyl (C=O) groups excluding carboxylic acids is 1. The number of nitrogens with one attached hydrogen (secondary N) is 2. The van der Waals surface area contributed by atoms with Crippen LogP contribution in [0.5, 0.6) is 0 Å². The summed E-state index contributed by atoms with van der Waals surface area (Å²) in [6.07, 6.45) is 0.652. The molecule has 0 saturated carbocycles. The van der Waals surface area contributed by atoms with Gasteiger partial charge in [-0.2, -0.15) is 0 Å². The minimum absolute atomic E-state index is 0.109. The third-order valence-electron chi connectivity index (χ3n) is 2.46. The Bertz CT molecular complexity index is 535. The van der Waals surface area contributed by atoms with Gasteiger partial charge in [0.05, 0.1) is 7.11 Å². The minimum Gasteiger partial charge on any atom is -0.465 e. The van der Waals surface area contributed by atoms with Crippen molar-refractivity contribution >= 4 is 16.0 Å². The molecule has 0 atom stereocenters. The Morgan fingerprint density at radius 3 is 2.68 bits per heavy atom. The molecule has 19 heavy (non-hydrogen) atoms. The molecule has 1 rings (SSSR count). The molecule has 1 aromatic rings. The van der Waals surface area contributed by atoms with Crippen LogP contribution in [0.4, 0.5) is 0 Å². The van der Waals surface area contributed by atoms with Crippen molar-refractivity contribution in [3.05, 3.63) is 17.4 Å². The molecule has 1 aromatic heterocycles. The van der Waals surface area contributed by atoms with Crippen LogP contribution in [-0.4, -0.2) is 41.6 Å². The Morgan fingerprint density at radius 2 is 2.11 bits per heavy atom. The highest BCUT2D eigenvalue weighted by atomic mass is 32.2. The third-order valence-corrected chi connectivity index (χ3v) is 3.78. The van der Waals surface area contributed by atoms with Crippen molar-refractivity contribution in [2.24, 2.45) is 0 Å². The van der Waals surface area contributed by atoms with Crippen LogP contribution in [0.2, 0.25) is 0 Å². The molecule has 2 N–H and O–H groups in total. The molecule has 8 heteroatoms. The van der Waals surface area contributed by atoms with Crippen LogP contribution in [0.3, 0.4) is 0 Å². The predicted octanol–water partition coefficient (Wildman–Crippen LogP) is 0.262. The van der Waals surface area contributed by atoms with E-state index in [1.165, 1.54) is 20.1 Å². The molecule has 0 aliphatic heterocycles. The van der Waals surface area contributed by atoms with E-state index in [-0.39, 0.29) is 23.0 Å². The second kappa shape index (κ2) is 6.69. The summed E-state index contributed by atoms with van der Waals surface area (Å²) in [5, 5.41) is 2.63. The second-order valence-electron chi connectivity index (χ2n) is 3.88. The minimum atomic E-state index is -3.74. The lowest BCUT2D eigenvalue weighted by Crippen LogP contribution is -2.26. The monoisotopic (exact) mass is 290 g/mol. The standard InChI is InChI=1S/C11H18N2O5S/c1-8-9(11(14)17-3)7-10(18-8)19(15,16)13-6-4-5-12-2/h7,12-13H,4-6H2,1-3H3. The molecule has 1 heterocycles. The molecule has 0 spiro atoms. The lowest BCUT2D eigenvalue weighted by Gasteiger charge is -2.03. The van der Waals surface area contributed by atoms with Gasteiger partial charge in [-0.15, -0.1) is 0 Å². The van der Waals surface area contributed by atoms with E-state index in [9.17, 15) is 13.2 Å². The van der Waals surface area contributed by atoms with E-state index in [1.807, 2.05) is 0 Å². The van der Waals surface area contributed by atoms with Gasteiger partial charge in [-0.25, -0.2) is 17.9 Å². The van der Waals surface area contributed by atoms with Crippen molar-refractivity contribution in [3.8, 4) is 0 Å². The number of sulfonamides is 1. The first-order valence-corrected chi connectivity index (χ1v) is 7.23. The third kappa shape index (κ3) is 4.05. The fourth-order valence-electron chi connectivity index (χ4n) is 1.44. The van der Waals surface area contributed by atoms with Crippen LogP contribution in [-0.2, 0) is 14.8 Å². The zero-order valence-electron chi connectivity index (χ0n) is 11.1. The molecule has 108 valence electrons. The maximum Gasteiger partial charge on any atom is 0.341 e. The number of hydrogen-bond donors (Lipinski definition) is 2. The van der Waals surface area contributed by atoms with Crippen molar-refractivity contribution in [1.82, 2.24) is 10.0 Å². The summed E-state index contributed by atoms with van der Waals surface area (Å²) in [5.41, 5.74) is 0.109. The number of aryl methyl sites for hydroxylation is 1. The van der Waals surface area contributed by atoms with Crippen molar-refractivity contribution in [2.45, 2.75) is 18.4 Å². The molecule has 0 aliphatic rings. The van der Waals surface area contributed by atoms with Crippen molar-refractivity contribution in [1.29, 1.82) is 0 Å². The number of rotatable bonds is 7. The first-order valence-electron chi connectivity index (χ1n) is 5.75. The number of carbonyl (C=O) groups is 1. The molecular formula is C11H18N2O5S. The van der Waals surface area contributed by atoms with E-state index in [1.54, 1.807) is 7.05 Å². The van der Waals surface area contributed by atoms with Gasteiger partial charge in [0.2, 0.25) is 5.09 Å². The summed E-state index contributed by atoms with van der Waals surface area (Å²) < 4.78 is 35.8. The summed E-state index contributed by atoms with van der Waals surface area (Å²) in [6, 6.07) is 1.17. The quantitative estimate of drug-likeness (QED) is 0.552. The van der Waals surface area contributed by atoms with Gasteiger partial charge in [0.1, 0.15) is 11.3 Å². The Morgan fingerprint density at radius 1 is 1.42 bits per heavy atom. The van der Waals surface area contributed by atoms with Crippen LogP contribution in [0.25, 0.3) is 0 Å². The SMILES string of the molecule is CNCCCNS(=O)(=O)c1cc(C(=O)OC)c(C)o1. The molecule has 0 aliphatic carbocycles. The van der Waals surface area contributed by atoms with Crippen molar-refractivity contribution in [2.75, 3.05) is 27.2 Å². The molecule has 0 radical (unpaired) electrons. The van der Waals surface area contributed by atoms with Gasteiger partial charge in [0.25, 0.3) is 10.0 Å². The number of hydrogen-bond acceptors (Lipinski definition) is 6. The molecule has 0 aromatic carbocycles. The van der Waals surface area contributed by atoms with Crippen LogP contribution < -0.4 is 10.0 Å². The molecule has 0 amide bonds. The van der Waals surface area contributed by atoms with Crippen molar-refractivity contribution in [3.63, 3.8) is 0 Å². The lowest BCUT2D eigenvalue weighted by atomic mass is 10.3. The maximum atomic E-state index is 11.9. The highest BCUT2D eigenvalue weighted by molar-refractivity contribution is 7.89. The topological polar surface area (TPSA) is 97.6 Å². The van der Waals surface area contributed by atoms with Gasteiger partial charge >= 0.3 is 5.97 Å². The Balaban J connectivity index is 2.82. The molecular weight excluding hydrogens is 272 g/mol. The number of furan rings is 1. The van der Waals surface area contributed by atoms with Crippen LogP contribution in [0.1, 0.15) is 22.5 Å². The zero-order valence-corrected chi connectivity index (χ0v) is 12.0. The Hall–Kier alpha value is -1.38. The van der Waals surface area contributed by atoms with Gasteiger partial charge in [-0.05, 0) is 26.9 Å². The van der Waals surface area contributed by atoms with Crippen LogP contribution >= 0.6 is 0 Å². The van der Waals surface area contributed by atoms with E-state index in [0.717, 1.165) is 0 Å².